The summed E-state index contributed by atoms with van der Waals surface area (Å²) in [6.07, 6.45) is -0.534. The Morgan fingerprint density at radius 3 is 1.23 bits per heavy atom. The fourth-order valence-corrected chi connectivity index (χ4v) is 5.75. The van der Waals surface area contributed by atoms with E-state index in [1.165, 1.54) is 84.9 Å². The molecular formula is C28H20N2O8S. The van der Waals surface area contributed by atoms with Gasteiger partial charge in [-0.15, -0.1) is 0 Å². The molecule has 10 nitrogen and oxygen atoms in total. The molecule has 0 unspecified atom stereocenters. The predicted octanol–water partition coefficient (Wildman–Crippen LogP) is 5.19. The second-order valence-corrected chi connectivity index (χ2v) is 10.4. The number of Topliss-reactive ketones (excluding diaryl/α,β-unsaturated/α-hetero) is 2. The molecule has 0 aliphatic carbocycles. The number of carbonyl (C=O) groups is 2. The molecular weight excluding hydrogens is 524 g/mol. The third-order valence-corrected chi connectivity index (χ3v) is 7.98. The monoisotopic (exact) mass is 544 g/mol. The highest BCUT2D eigenvalue weighted by Gasteiger charge is 2.26. The molecule has 0 aromatic heterocycles. The lowest BCUT2D eigenvalue weighted by atomic mass is 10.0. The van der Waals surface area contributed by atoms with Gasteiger partial charge < -0.3 is 0 Å². The van der Waals surface area contributed by atoms with Crippen LogP contribution in [0.25, 0.3) is 0 Å². The van der Waals surface area contributed by atoms with Crippen LogP contribution in [-0.4, -0.2) is 29.8 Å². The van der Waals surface area contributed by atoms with Crippen LogP contribution in [0.4, 0.5) is 11.4 Å². The number of nitro groups is 2. The van der Waals surface area contributed by atoms with Crippen LogP contribution in [0.1, 0.15) is 31.8 Å². The van der Waals surface area contributed by atoms with Crippen molar-refractivity contribution in [2.24, 2.45) is 0 Å². The number of nitro benzene ring substituents is 2. The van der Waals surface area contributed by atoms with Gasteiger partial charge in [-0.05, 0) is 47.5 Å². The summed E-state index contributed by atoms with van der Waals surface area (Å²) < 4.78 is 27.6. The van der Waals surface area contributed by atoms with E-state index in [1.54, 1.807) is 12.1 Å². The van der Waals surface area contributed by atoms with E-state index in [4.69, 9.17) is 0 Å². The molecule has 4 aromatic carbocycles. The summed E-state index contributed by atoms with van der Waals surface area (Å²) in [5.74, 6) is -0.844. The number of non-ortho nitro benzene ring substituents is 2. The minimum atomic E-state index is -4.17. The Morgan fingerprint density at radius 1 is 0.564 bits per heavy atom. The number of nitrogens with zero attached hydrogens (tertiary/aromatic N) is 2. The summed E-state index contributed by atoms with van der Waals surface area (Å²) in [5.41, 5.74) is 0.516. The highest BCUT2D eigenvalue weighted by atomic mass is 32.2. The van der Waals surface area contributed by atoms with Crippen LogP contribution < -0.4 is 0 Å². The Hall–Kier alpha value is -5.03. The number of ketones is 2. The van der Waals surface area contributed by atoms with Crippen molar-refractivity contribution in [3.05, 3.63) is 140 Å². The molecule has 0 bridgehead atoms. The van der Waals surface area contributed by atoms with Gasteiger partial charge in [0.05, 0.1) is 19.6 Å². The van der Waals surface area contributed by atoms with Crippen molar-refractivity contribution in [3.63, 3.8) is 0 Å². The molecule has 0 aliphatic heterocycles. The molecule has 4 rings (SSSR count). The largest absolute Gasteiger partial charge is 0.294 e. The van der Waals surface area contributed by atoms with E-state index in [0.29, 0.717) is 0 Å². The van der Waals surface area contributed by atoms with Crippen molar-refractivity contribution in [1.82, 2.24) is 0 Å². The molecule has 4 aromatic rings. The van der Waals surface area contributed by atoms with Crippen LogP contribution in [-0.2, 0) is 22.7 Å². The lowest BCUT2D eigenvalue weighted by molar-refractivity contribution is -0.385. The minimum absolute atomic E-state index is 0.101. The van der Waals surface area contributed by atoms with E-state index < -0.39 is 31.3 Å². The molecule has 39 heavy (non-hydrogen) atoms. The predicted molar refractivity (Wildman–Crippen MR) is 141 cm³/mol. The molecule has 0 heterocycles. The third kappa shape index (κ3) is 5.94. The van der Waals surface area contributed by atoms with Crippen molar-refractivity contribution in [1.29, 1.82) is 0 Å². The summed E-state index contributed by atoms with van der Waals surface area (Å²) in [5, 5.41) is 21.8. The summed E-state index contributed by atoms with van der Waals surface area (Å²) in [7, 11) is -4.17. The SMILES string of the molecule is O=C(Cc1ccccc1S(=O)(=O)c1ccccc1CC(=O)c1ccc([N+](=O)[O-])cc1)c1ccc([N+](=O)[O-])cc1. The lowest BCUT2D eigenvalue weighted by Crippen LogP contribution is -2.13. The first-order chi connectivity index (χ1) is 18.6. The van der Waals surface area contributed by atoms with E-state index in [9.17, 15) is 38.2 Å². The van der Waals surface area contributed by atoms with E-state index in [2.05, 4.69) is 0 Å². The molecule has 196 valence electrons. The maximum absolute atomic E-state index is 13.8. The first kappa shape index (κ1) is 27.0. The van der Waals surface area contributed by atoms with Crippen LogP contribution in [0.3, 0.4) is 0 Å². The Bertz CT molecular complexity index is 1580. The lowest BCUT2D eigenvalue weighted by Gasteiger charge is -2.14. The smallest absolute Gasteiger partial charge is 0.269 e. The van der Waals surface area contributed by atoms with Crippen molar-refractivity contribution < 1.29 is 27.9 Å². The summed E-state index contributed by atoms with van der Waals surface area (Å²) in [4.78, 5) is 46.2. The minimum Gasteiger partial charge on any atom is -0.294 e. The van der Waals surface area contributed by atoms with Gasteiger partial charge in [-0.3, -0.25) is 29.8 Å². The van der Waals surface area contributed by atoms with Gasteiger partial charge in [-0.2, -0.15) is 0 Å². The Balaban J connectivity index is 1.63. The summed E-state index contributed by atoms with van der Waals surface area (Å²) in [6.45, 7) is 0. The van der Waals surface area contributed by atoms with Gasteiger partial charge >= 0.3 is 0 Å². The fraction of sp³-hybridized carbons (Fsp3) is 0.0714. The Kier molecular flexibility index (Phi) is 7.73. The van der Waals surface area contributed by atoms with Crippen molar-refractivity contribution >= 4 is 32.8 Å². The van der Waals surface area contributed by atoms with Crippen LogP contribution in [0.5, 0.6) is 0 Å². The average molecular weight is 545 g/mol. The average Bonchev–Trinajstić information content (AvgIpc) is 2.93. The number of rotatable bonds is 10. The zero-order valence-electron chi connectivity index (χ0n) is 20.2. The van der Waals surface area contributed by atoms with E-state index in [1.807, 2.05) is 0 Å². The van der Waals surface area contributed by atoms with Crippen LogP contribution in [0.2, 0.25) is 0 Å². The van der Waals surface area contributed by atoms with E-state index in [0.717, 1.165) is 0 Å². The third-order valence-electron chi connectivity index (χ3n) is 6.03. The van der Waals surface area contributed by atoms with Gasteiger partial charge in [0.2, 0.25) is 9.84 Å². The molecule has 0 amide bonds. The summed E-state index contributed by atoms with van der Waals surface area (Å²) >= 11 is 0. The summed E-state index contributed by atoms with van der Waals surface area (Å²) in [6, 6.07) is 22.1. The van der Waals surface area contributed by atoms with Gasteiger partial charge in [0.25, 0.3) is 11.4 Å². The molecule has 0 saturated heterocycles. The normalized spacial score (nSPS) is 11.1. The fourth-order valence-electron chi connectivity index (χ4n) is 4.03. The zero-order valence-corrected chi connectivity index (χ0v) is 21.0. The molecule has 0 saturated carbocycles. The molecule has 0 atom stereocenters. The van der Waals surface area contributed by atoms with Gasteiger partial charge in [0.15, 0.2) is 11.6 Å². The van der Waals surface area contributed by atoms with E-state index in [-0.39, 0.29) is 56.3 Å². The number of hydrogen-bond acceptors (Lipinski definition) is 8. The highest BCUT2D eigenvalue weighted by Crippen LogP contribution is 2.29. The van der Waals surface area contributed by atoms with Crippen LogP contribution >= 0.6 is 0 Å². The standard InChI is InChI=1S/C28H20N2O8S/c31-25(19-9-13-23(14-10-19)29(33)34)17-21-5-1-3-7-27(21)39(37,38)28-8-4-2-6-22(28)18-26(32)20-11-15-24(16-12-20)30(35)36/h1-16H,17-18H2. The molecule has 0 aliphatic rings. The van der Waals surface area contributed by atoms with Crippen LogP contribution in [0, 0.1) is 20.2 Å². The molecule has 0 fully saturated rings. The number of benzene rings is 4. The number of hydrogen-bond donors (Lipinski definition) is 0. The second kappa shape index (κ2) is 11.2. The van der Waals surface area contributed by atoms with Gasteiger partial charge in [-0.1, -0.05) is 36.4 Å². The van der Waals surface area contributed by atoms with Gasteiger partial charge in [0, 0.05) is 48.2 Å². The Labute approximate surface area is 222 Å². The van der Waals surface area contributed by atoms with Gasteiger partial charge in [-0.25, -0.2) is 8.42 Å². The first-order valence-corrected chi connectivity index (χ1v) is 13.0. The van der Waals surface area contributed by atoms with Crippen LogP contribution in [0.15, 0.2) is 107 Å². The van der Waals surface area contributed by atoms with Crippen molar-refractivity contribution in [3.8, 4) is 0 Å². The van der Waals surface area contributed by atoms with Gasteiger partial charge in [0.1, 0.15) is 0 Å². The first-order valence-electron chi connectivity index (χ1n) is 11.5. The zero-order chi connectivity index (χ0) is 28.2. The molecule has 0 spiro atoms. The second-order valence-electron chi connectivity index (χ2n) is 8.53. The van der Waals surface area contributed by atoms with Crippen molar-refractivity contribution in [2.75, 3.05) is 0 Å². The molecule has 0 radical (unpaired) electrons. The number of carbonyl (C=O) groups excluding carboxylic acids is 2. The highest BCUT2D eigenvalue weighted by molar-refractivity contribution is 7.91. The van der Waals surface area contributed by atoms with Crippen molar-refractivity contribution in [2.45, 2.75) is 22.6 Å². The molecule has 11 heteroatoms. The van der Waals surface area contributed by atoms with E-state index >= 15 is 0 Å². The Morgan fingerprint density at radius 2 is 0.897 bits per heavy atom. The number of sulfone groups is 1. The quantitative estimate of drug-likeness (QED) is 0.150. The maximum Gasteiger partial charge on any atom is 0.269 e. The molecule has 0 N–H and O–H groups in total. The maximum atomic E-state index is 13.8. The topological polar surface area (TPSA) is 155 Å².